The van der Waals surface area contributed by atoms with E-state index < -0.39 is 23.8 Å². The molecule has 2 amide bonds. The summed E-state index contributed by atoms with van der Waals surface area (Å²) in [5.74, 6) is -1.04. The van der Waals surface area contributed by atoms with Crippen LogP contribution in [-0.4, -0.2) is 32.8 Å². The van der Waals surface area contributed by atoms with E-state index in [4.69, 9.17) is 16.2 Å². The van der Waals surface area contributed by atoms with Crippen molar-refractivity contribution >= 4 is 17.6 Å². The van der Waals surface area contributed by atoms with Gasteiger partial charge in [0.05, 0.1) is 0 Å². The Bertz CT molecular complexity index is 1060. The Morgan fingerprint density at radius 2 is 1.79 bits per heavy atom. The Balaban J connectivity index is 1.87. The standard InChI is InChI=1S/C19H17FN6O3/c1-10(17(21)27)23-15-9-13(18(22)28)24-19(26-15)11-5-7-12(8-6-11)29-16-4-2-3-14(20)25-16/h2-10H,1H3,(H2,21,27)(H2,22,28)(H,23,24,26)/t10-/m0/s1. The van der Waals surface area contributed by atoms with E-state index in [1.54, 1.807) is 31.2 Å². The molecule has 0 aliphatic heterocycles. The molecule has 5 N–H and O–H groups in total. The van der Waals surface area contributed by atoms with Gasteiger partial charge in [-0.2, -0.15) is 9.37 Å². The number of pyridine rings is 1. The van der Waals surface area contributed by atoms with Gasteiger partial charge in [-0.1, -0.05) is 6.07 Å². The van der Waals surface area contributed by atoms with Crippen LogP contribution in [0.5, 0.6) is 11.6 Å². The van der Waals surface area contributed by atoms with Gasteiger partial charge in [-0.05, 0) is 37.3 Å². The fraction of sp³-hybridized carbons (Fsp3) is 0.105. The van der Waals surface area contributed by atoms with E-state index in [2.05, 4.69) is 20.3 Å². The molecule has 0 saturated carbocycles. The summed E-state index contributed by atoms with van der Waals surface area (Å²) in [7, 11) is 0. The van der Waals surface area contributed by atoms with Crippen LogP contribution in [-0.2, 0) is 4.79 Å². The first-order valence-corrected chi connectivity index (χ1v) is 8.47. The molecule has 2 aromatic heterocycles. The summed E-state index contributed by atoms with van der Waals surface area (Å²) in [6, 6.07) is 11.4. The van der Waals surface area contributed by atoms with Gasteiger partial charge < -0.3 is 21.5 Å². The molecular formula is C19H17FN6O3. The van der Waals surface area contributed by atoms with Crippen LogP contribution in [0.1, 0.15) is 17.4 Å². The molecule has 10 heteroatoms. The largest absolute Gasteiger partial charge is 0.439 e. The highest BCUT2D eigenvalue weighted by molar-refractivity contribution is 5.92. The molecule has 0 bridgehead atoms. The highest BCUT2D eigenvalue weighted by Gasteiger charge is 2.14. The van der Waals surface area contributed by atoms with Gasteiger partial charge in [-0.25, -0.2) is 9.97 Å². The van der Waals surface area contributed by atoms with Crippen LogP contribution < -0.4 is 21.5 Å². The number of carbonyl (C=O) groups excluding carboxylic acids is 2. The maximum atomic E-state index is 13.2. The van der Waals surface area contributed by atoms with Crippen LogP contribution in [0.2, 0.25) is 0 Å². The van der Waals surface area contributed by atoms with Gasteiger partial charge in [-0.15, -0.1) is 0 Å². The van der Waals surface area contributed by atoms with Crippen molar-refractivity contribution in [2.45, 2.75) is 13.0 Å². The van der Waals surface area contributed by atoms with E-state index in [1.807, 2.05) is 0 Å². The zero-order valence-corrected chi connectivity index (χ0v) is 15.3. The maximum absolute atomic E-state index is 13.2. The summed E-state index contributed by atoms with van der Waals surface area (Å²) in [6.45, 7) is 1.56. The molecule has 3 rings (SSSR count). The molecule has 148 valence electrons. The summed E-state index contributed by atoms with van der Waals surface area (Å²) in [6.07, 6.45) is 0. The van der Waals surface area contributed by atoms with E-state index in [-0.39, 0.29) is 23.2 Å². The van der Waals surface area contributed by atoms with Gasteiger partial charge in [0, 0.05) is 17.7 Å². The third-order valence-corrected chi connectivity index (χ3v) is 3.79. The number of hydrogen-bond acceptors (Lipinski definition) is 7. The summed E-state index contributed by atoms with van der Waals surface area (Å²) in [4.78, 5) is 34.9. The lowest BCUT2D eigenvalue weighted by molar-refractivity contribution is -0.118. The molecule has 1 aromatic carbocycles. The third-order valence-electron chi connectivity index (χ3n) is 3.79. The van der Waals surface area contributed by atoms with Crippen molar-refractivity contribution in [2.75, 3.05) is 5.32 Å². The zero-order valence-electron chi connectivity index (χ0n) is 15.3. The minimum atomic E-state index is -0.749. The monoisotopic (exact) mass is 396 g/mol. The molecule has 0 unspecified atom stereocenters. The van der Waals surface area contributed by atoms with Crippen molar-refractivity contribution in [3.05, 3.63) is 60.2 Å². The van der Waals surface area contributed by atoms with Gasteiger partial charge in [-0.3, -0.25) is 9.59 Å². The highest BCUT2D eigenvalue weighted by Crippen LogP contribution is 2.24. The quantitative estimate of drug-likeness (QED) is 0.517. The Hall–Kier alpha value is -4.08. The molecule has 9 nitrogen and oxygen atoms in total. The molecule has 3 aromatic rings. The number of nitrogens with zero attached hydrogens (tertiary/aromatic N) is 3. The third kappa shape index (κ3) is 5.01. The number of rotatable bonds is 7. The molecule has 1 atom stereocenters. The predicted molar refractivity (Wildman–Crippen MR) is 103 cm³/mol. The van der Waals surface area contributed by atoms with Crippen LogP contribution in [0.15, 0.2) is 48.5 Å². The lowest BCUT2D eigenvalue weighted by atomic mass is 10.2. The van der Waals surface area contributed by atoms with Crippen molar-refractivity contribution in [1.29, 1.82) is 0 Å². The molecule has 0 fully saturated rings. The number of benzene rings is 1. The predicted octanol–water partition coefficient (Wildman–Crippen LogP) is 1.85. The van der Waals surface area contributed by atoms with Gasteiger partial charge in [0.1, 0.15) is 23.3 Å². The van der Waals surface area contributed by atoms with Crippen LogP contribution in [0.4, 0.5) is 10.2 Å². The van der Waals surface area contributed by atoms with E-state index in [0.717, 1.165) is 0 Å². The molecule has 29 heavy (non-hydrogen) atoms. The molecule has 0 radical (unpaired) electrons. The second-order valence-corrected chi connectivity index (χ2v) is 6.02. The van der Waals surface area contributed by atoms with E-state index in [1.165, 1.54) is 24.3 Å². The molecule has 2 heterocycles. The van der Waals surface area contributed by atoms with Crippen LogP contribution in [0.25, 0.3) is 11.4 Å². The van der Waals surface area contributed by atoms with E-state index in [0.29, 0.717) is 11.3 Å². The van der Waals surface area contributed by atoms with Crippen LogP contribution in [0.3, 0.4) is 0 Å². The summed E-state index contributed by atoms with van der Waals surface area (Å²) in [5, 5.41) is 2.79. The number of hydrogen-bond donors (Lipinski definition) is 3. The number of amides is 2. The highest BCUT2D eigenvalue weighted by atomic mass is 19.1. The molecule has 0 aliphatic rings. The van der Waals surface area contributed by atoms with Gasteiger partial charge in [0.15, 0.2) is 5.82 Å². The minimum Gasteiger partial charge on any atom is -0.439 e. The van der Waals surface area contributed by atoms with Crippen molar-refractivity contribution < 1.29 is 18.7 Å². The molecule has 0 spiro atoms. The van der Waals surface area contributed by atoms with Crippen molar-refractivity contribution in [3.63, 3.8) is 0 Å². The fourth-order valence-corrected chi connectivity index (χ4v) is 2.31. The average Bonchev–Trinajstić information content (AvgIpc) is 2.68. The molecule has 0 saturated heterocycles. The lowest BCUT2D eigenvalue weighted by Gasteiger charge is -2.13. The average molecular weight is 396 g/mol. The number of ether oxygens (including phenoxy) is 1. The first-order chi connectivity index (χ1) is 13.8. The molecular weight excluding hydrogens is 379 g/mol. The second-order valence-electron chi connectivity index (χ2n) is 6.02. The number of carbonyl (C=O) groups is 2. The number of aromatic nitrogens is 3. The number of halogens is 1. The summed E-state index contributed by atoms with van der Waals surface area (Å²) >= 11 is 0. The van der Waals surface area contributed by atoms with Gasteiger partial charge in [0.2, 0.25) is 17.7 Å². The van der Waals surface area contributed by atoms with Crippen molar-refractivity contribution in [3.8, 4) is 23.0 Å². The summed E-state index contributed by atoms with van der Waals surface area (Å²) in [5.41, 5.74) is 11.1. The van der Waals surface area contributed by atoms with Crippen molar-refractivity contribution in [1.82, 2.24) is 15.0 Å². The Kier molecular flexibility index (Phi) is 5.63. The number of nitrogens with two attached hydrogens (primary N) is 2. The van der Waals surface area contributed by atoms with E-state index >= 15 is 0 Å². The number of nitrogens with one attached hydrogen (secondary N) is 1. The van der Waals surface area contributed by atoms with Crippen molar-refractivity contribution in [2.24, 2.45) is 11.5 Å². The molecule has 0 aliphatic carbocycles. The van der Waals surface area contributed by atoms with E-state index in [9.17, 15) is 14.0 Å². The Morgan fingerprint density at radius 1 is 1.07 bits per heavy atom. The number of anilines is 1. The summed E-state index contributed by atoms with van der Waals surface area (Å²) < 4.78 is 18.6. The van der Waals surface area contributed by atoms with Gasteiger partial charge in [0.25, 0.3) is 5.91 Å². The normalized spacial score (nSPS) is 11.5. The lowest BCUT2D eigenvalue weighted by Crippen LogP contribution is -2.33. The zero-order chi connectivity index (χ0) is 21.0. The smallest absolute Gasteiger partial charge is 0.267 e. The minimum absolute atomic E-state index is 0.0292. The number of primary amides is 2. The van der Waals surface area contributed by atoms with Crippen LogP contribution in [0, 0.1) is 5.95 Å². The van der Waals surface area contributed by atoms with Gasteiger partial charge >= 0.3 is 0 Å². The van der Waals surface area contributed by atoms with Crippen LogP contribution >= 0.6 is 0 Å². The topological polar surface area (TPSA) is 146 Å². The Morgan fingerprint density at radius 3 is 2.41 bits per heavy atom. The maximum Gasteiger partial charge on any atom is 0.267 e. The first-order valence-electron chi connectivity index (χ1n) is 8.47. The first kappa shape index (κ1) is 19.7. The Labute approximate surface area is 164 Å². The fourth-order valence-electron chi connectivity index (χ4n) is 2.31. The SMILES string of the molecule is C[C@H](Nc1cc(C(N)=O)nc(-c2ccc(Oc3cccc(F)n3)cc2)n1)C(N)=O. The second kappa shape index (κ2) is 8.30.